The van der Waals surface area contributed by atoms with Gasteiger partial charge >= 0.3 is 0 Å². The molecule has 2 saturated heterocycles. The molecule has 1 aromatic carbocycles. The number of nitrogens with zero attached hydrogens (tertiary/aromatic N) is 5. The zero-order chi connectivity index (χ0) is 25.9. The third kappa shape index (κ3) is 4.75. The maximum absolute atomic E-state index is 13.8. The van der Waals surface area contributed by atoms with Crippen molar-refractivity contribution in [2.75, 3.05) is 29.0 Å². The average Bonchev–Trinajstić information content (AvgIpc) is 3.59. The van der Waals surface area contributed by atoms with Crippen LogP contribution in [0.15, 0.2) is 30.3 Å². The molecule has 3 aliphatic rings. The van der Waals surface area contributed by atoms with Gasteiger partial charge in [-0.3, -0.25) is 9.52 Å². The second kappa shape index (κ2) is 9.32. The van der Waals surface area contributed by atoms with Crippen LogP contribution in [0.3, 0.4) is 0 Å². The summed E-state index contributed by atoms with van der Waals surface area (Å²) in [6, 6.07) is 8.59. The Hall–Kier alpha value is -2.56. The van der Waals surface area contributed by atoms with Crippen LogP contribution in [-0.4, -0.2) is 59.2 Å². The smallest absolute Gasteiger partial charge is 0.256 e. The van der Waals surface area contributed by atoms with Crippen molar-refractivity contribution >= 4 is 56.3 Å². The number of amides is 1. The fourth-order valence-corrected chi connectivity index (χ4v) is 7.07. The van der Waals surface area contributed by atoms with Gasteiger partial charge in [-0.1, -0.05) is 23.2 Å². The van der Waals surface area contributed by atoms with Gasteiger partial charge in [-0.2, -0.15) is 9.61 Å². The summed E-state index contributed by atoms with van der Waals surface area (Å²) in [5, 5.41) is 5.73. The molecule has 2 bridgehead atoms. The van der Waals surface area contributed by atoms with E-state index in [9.17, 15) is 13.2 Å². The number of halogens is 2. The Morgan fingerprint density at radius 2 is 1.95 bits per heavy atom. The second-order valence-corrected chi connectivity index (χ2v) is 12.9. The van der Waals surface area contributed by atoms with Crippen LogP contribution < -0.4 is 9.62 Å². The molecule has 3 aromatic rings. The van der Waals surface area contributed by atoms with Crippen LogP contribution in [0.4, 0.5) is 11.5 Å². The third-order valence-corrected chi connectivity index (χ3v) is 8.73. The molecule has 2 aliphatic heterocycles. The number of hydrogen-bond donors (Lipinski definition) is 1. The van der Waals surface area contributed by atoms with E-state index >= 15 is 0 Å². The Morgan fingerprint density at radius 1 is 1.11 bits per heavy atom. The lowest BCUT2D eigenvalue weighted by molar-refractivity contribution is 0.0607. The number of anilines is 2. The first-order valence-electron chi connectivity index (χ1n) is 12.6. The minimum absolute atomic E-state index is 0.205. The standard InChI is InChI=1S/C25H28Cl2N6O3S/c1-37(35,36)30-19-8-6-16(26)11-18(19)25(34)31-9-3-2-4-21(31)20-12-23-28-22(27)13-24(33(23)29-20)32-14-15-5-7-17(32)10-15/h6,8,11-13,15,17,21,30H,2-5,7,9-10,14H2,1H3/t15-,17+,21+/m1/s1. The van der Waals surface area contributed by atoms with Crippen molar-refractivity contribution in [1.29, 1.82) is 0 Å². The van der Waals surface area contributed by atoms with Crippen LogP contribution in [0.2, 0.25) is 10.2 Å². The maximum Gasteiger partial charge on any atom is 0.256 e. The first kappa shape index (κ1) is 24.8. The van der Waals surface area contributed by atoms with Crippen molar-refractivity contribution in [3.8, 4) is 0 Å². The van der Waals surface area contributed by atoms with Crippen LogP contribution in [0, 0.1) is 5.92 Å². The third-order valence-electron chi connectivity index (χ3n) is 7.71. The van der Waals surface area contributed by atoms with Gasteiger partial charge in [0.15, 0.2) is 5.65 Å². The molecule has 0 unspecified atom stereocenters. The number of fused-ring (bicyclic) bond motifs is 3. The van der Waals surface area contributed by atoms with E-state index in [-0.39, 0.29) is 23.2 Å². The van der Waals surface area contributed by atoms with Gasteiger partial charge in [-0.25, -0.2) is 13.4 Å². The van der Waals surface area contributed by atoms with Gasteiger partial charge in [0.1, 0.15) is 11.0 Å². The highest BCUT2D eigenvalue weighted by Gasteiger charge is 2.39. The van der Waals surface area contributed by atoms with Crippen LogP contribution in [0.5, 0.6) is 0 Å². The molecule has 196 valence electrons. The molecule has 9 nitrogen and oxygen atoms in total. The lowest BCUT2D eigenvalue weighted by Gasteiger charge is -2.35. The van der Waals surface area contributed by atoms with E-state index in [0.717, 1.165) is 43.6 Å². The molecule has 3 fully saturated rings. The minimum Gasteiger partial charge on any atom is -0.353 e. The molecule has 2 aromatic heterocycles. The normalized spacial score (nSPS) is 23.7. The number of aromatic nitrogens is 3. The summed E-state index contributed by atoms with van der Waals surface area (Å²) in [4.78, 5) is 22.5. The zero-order valence-corrected chi connectivity index (χ0v) is 22.7. The number of nitrogens with one attached hydrogen (secondary N) is 1. The molecule has 6 rings (SSSR count). The van der Waals surface area contributed by atoms with E-state index in [1.54, 1.807) is 11.0 Å². The Bertz CT molecular complexity index is 1490. The zero-order valence-electron chi connectivity index (χ0n) is 20.4. The van der Waals surface area contributed by atoms with Gasteiger partial charge in [-0.15, -0.1) is 0 Å². The van der Waals surface area contributed by atoms with Gasteiger partial charge in [0.05, 0.1) is 29.2 Å². The molecule has 0 spiro atoms. The lowest BCUT2D eigenvalue weighted by atomic mass is 9.98. The summed E-state index contributed by atoms with van der Waals surface area (Å²) in [6.45, 7) is 1.52. The van der Waals surface area contributed by atoms with Crippen LogP contribution in [0.25, 0.3) is 5.65 Å². The first-order chi connectivity index (χ1) is 17.7. The van der Waals surface area contributed by atoms with Crippen LogP contribution >= 0.6 is 23.2 Å². The first-order valence-corrected chi connectivity index (χ1v) is 15.2. The van der Waals surface area contributed by atoms with Gasteiger partial charge < -0.3 is 9.80 Å². The molecule has 0 radical (unpaired) electrons. The molecule has 37 heavy (non-hydrogen) atoms. The molecular formula is C25H28Cl2N6O3S. The molecular weight excluding hydrogens is 535 g/mol. The topological polar surface area (TPSA) is 99.9 Å². The average molecular weight is 564 g/mol. The van der Waals surface area contributed by atoms with Crippen molar-refractivity contribution in [3.05, 3.63) is 51.8 Å². The van der Waals surface area contributed by atoms with Gasteiger partial charge in [-0.05, 0) is 62.6 Å². The Balaban J connectivity index is 1.37. The fourth-order valence-electron chi connectivity index (χ4n) is 6.14. The van der Waals surface area contributed by atoms with Crippen molar-refractivity contribution in [2.24, 2.45) is 5.92 Å². The van der Waals surface area contributed by atoms with E-state index < -0.39 is 10.0 Å². The Labute approximate surface area is 225 Å². The van der Waals surface area contributed by atoms with Crippen molar-refractivity contribution < 1.29 is 13.2 Å². The Morgan fingerprint density at radius 3 is 2.68 bits per heavy atom. The molecule has 1 aliphatic carbocycles. The van der Waals surface area contributed by atoms with Crippen LogP contribution in [-0.2, 0) is 10.0 Å². The summed E-state index contributed by atoms with van der Waals surface area (Å²) in [5.41, 5.74) is 1.81. The summed E-state index contributed by atoms with van der Waals surface area (Å²) < 4.78 is 28.2. The number of piperidine rings is 2. The van der Waals surface area contributed by atoms with E-state index in [4.69, 9.17) is 28.3 Å². The van der Waals surface area contributed by atoms with Crippen molar-refractivity contribution in [2.45, 2.75) is 50.6 Å². The quantitative estimate of drug-likeness (QED) is 0.450. The second-order valence-electron chi connectivity index (χ2n) is 10.3. The van der Waals surface area contributed by atoms with Crippen molar-refractivity contribution in [1.82, 2.24) is 19.5 Å². The van der Waals surface area contributed by atoms with E-state index in [0.29, 0.717) is 34.3 Å². The minimum atomic E-state index is -3.59. The highest BCUT2D eigenvalue weighted by Crippen LogP contribution is 2.41. The number of sulfonamides is 1. The molecule has 3 atom stereocenters. The largest absolute Gasteiger partial charge is 0.353 e. The van der Waals surface area contributed by atoms with E-state index in [1.165, 1.54) is 31.4 Å². The van der Waals surface area contributed by atoms with Gasteiger partial charge in [0.25, 0.3) is 5.91 Å². The predicted octanol–water partition coefficient (Wildman–Crippen LogP) is 4.76. The molecule has 1 N–H and O–H groups in total. The molecule has 4 heterocycles. The van der Waals surface area contributed by atoms with Gasteiger partial charge in [0, 0.05) is 36.3 Å². The highest BCUT2D eigenvalue weighted by atomic mass is 35.5. The number of carbonyl (C=O) groups excluding carboxylic acids is 1. The molecule has 12 heteroatoms. The van der Waals surface area contributed by atoms with Crippen LogP contribution in [0.1, 0.15) is 60.6 Å². The SMILES string of the molecule is CS(=O)(=O)Nc1ccc(Cl)cc1C(=O)N1CCCC[C@H]1c1cc2nc(Cl)cc(N3C[C@@H]4CC[C@H]3C4)n2n1. The number of hydrogen-bond acceptors (Lipinski definition) is 6. The van der Waals surface area contributed by atoms with Gasteiger partial charge in [0.2, 0.25) is 10.0 Å². The predicted molar refractivity (Wildman–Crippen MR) is 144 cm³/mol. The highest BCUT2D eigenvalue weighted by molar-refractivity contribution is 7.92. The summed E-state index contributed by atoms with van der Waals surface area (Å²) in [7, 11) is -3.59. The molecule has 1 saturated carbocycles. The summed E-state index contributed by atoms with van der Waals surface area (Å²) in [6.07, 6.45) is 7.23. The molecule has 1 amide bonds. The maximum atomic E-state index is 13.8. The monoisotopic (exact) mass is 562 g/mol. The Kier molecular flexibility index (Phi) is 6.24. The van der Waals surface area contributed by atoms with E-state index in [2.05, 4.69) is 14.6 Å². The number of likely N-dealkylation sites (tertiary alicyclic amines) is 1. The lowest BCUT2D eigenvalue weighted by Crippen LogP contribution is -2.39. The summed E-state index contributed by atoms with van der Waals surface area (Å²) >= 11 is 12.6. The number of carbonyl (C=O) groups is 1. The summed E-state index contributed by atoms with van der Waals surface area (Å²) in [5.74, 6) is 1.36. The fraction of sp³-hybridized carbons (Fsp3) is 0.480. The number of benzene rings is 1. The van der Waals surface area contributed by atoms with Crippen molar-refractivity contribution in [3.63, 3.8) is 0 Å². The number of rotatable bonds is 5. The van der Waals surface area contributed by atoms with E-state index in [1.807, 2.05) is 16.6 Å².